The van der Waals surface area contributed by atoms with Crippen LogP contribution in [-0.4, -0.2) is 63.0 Å². The lowest BCUT2D eigenvalue weighted by molar-refractivity contribution is 0.0691. The van der Waals surface area contributed by atoms with E-state index in [-0.39, 0.29) is 6.09 Å². The molecule has 1 saturated heterocycles. The highest BCUT2D eigenvalue weighted by Crippen LogP contribution is 2.22. The van der Waals surface area contributed by atoms with Gasteiger partial charge in [-0.05, 0) is 31.3 Å². The van der Waals surface area contributed by atoms with Crippen molar-refractivity contribution in [1.82, 2.24) is 24.1 Å². The minimum absolute atomic E-state index is 0.242. The summed E-state index contributed by atoms with van der Waals surface area (Å²) in [7, 11) is 0. The molecule has 2 heterocycles. The minimum atomic E-state index is -0.242. The van der Waals surface area contributed by atoms with E-state index in [0.717, 1.165) is 30.2 Å². The first-order chi connectivity index (χ1) is 14.7. The van der Waals surface area contributed by atoms with E-state index in [4.69, 9.17) is 22.1 Å². The van der Waals surface area contributed by atoms with Crippen molar-refractivity contribution in [2.75, 3.05) is 32.8 Å². The van der Waals surface area contributed by atoms with Gasteiger partial charge < -0.3 is 9.64 Å². The van der Waals surface area contributed by atoms with Crippen molar-refractivity contribution >= 4 is 18.3 Å². The number of rotatable bonds is 5. The molecule has 1 fully saturated rings. The van der Waals surface area contributed by atoms with Gasteiger partial charge in [0, 0.05) is 37.4 Å². The van der Waals surface area contributed by atoms with Crippen LogP contribution in [0.15, 0.2) is 60.7 Å². The zero-order chi connectivity index (χ0) is 20.9. The highest BCUT2D eigenvalue weighted by atomic mass is 32.1. The monoisotopic (exact) mass is 423 g/mol. The van der Waals surface area contributed by atoms with Crippen LogP contribution in [0.3, 0.4) is 0 Å². The fourth-order valence-corrected chi connectivity index (χ4v) is 3.85. The van der Waals surface area contributed by atoms with E-state index in [2.05, 4.69) is 4.90 Å². The van der Waals surface area contributed by atoms with E-state index in [9.17, 15) is 4.79 Å². The van der Waals surface area contributed by atoms with Gasteiger partial charge in [0.05, 0.1) is 13.3 Å². The number of nitrogens with zero attached hydrogens (tertiary/aromatic N) is 5. The number of carbonyl (C=O) groups excluding carboxylic acids is 1. The molecular formula is C22H25N5O2S. The van der Waals surface area contributed by atoms with Crippen LogP contribution < -0.4 is 0 Å². The maximum Gasteiger partial charge on any atom is 0.409 e. The van der Waals surface area contributed by atoms with Gasteiger partial charge in [0.2, 0.25) is 4.77 Å². The van der Waals surface area contributed by atoms with Crippen LogP contribution in [0.1, 0.15) is 6.92 Å². The molecule has 0 N–H and O–H groups in total. The summed E-state index contributed by atoms with van der Waals surface area (Å²) in [6.07, 6.45) is -0.242. The molecule has 0 atom stereocenters. The van der Waals surface area contributed by atoms with E-state index < -0.39 is 0 Å². The third-order valence-electron chi connectivity index (χ3n) is 5.12. The number of aromatic nitrogens is 3. The molecule has 0 spiro atoms. The third kappa shape index (κ3) is 4.29. The standard InChI is InChI=1S/C22H25N5O2S/c1-2-29-22(28)25-15-13-24(14-16-25)17-26-21(30)27(19-11-7-4-8-12-19)20(23-26)18-9-5-3-6-10-18/h3-12H,2,13-17H2,1H3. The Hall–Kier alpha value is -2.97. The van der Waals surface area contributed by atoms with Gasteiger partial charge in [-0.3, -0.25) is 9.47 Å². The van der Waals surface area contributed by atoms with Crippen molar-refractivity contribution in [2.45, 2.75) is 13.6 Å². The molecular weight excluding hydrogens is 398 g/mol. The second-order valence-corrected chi connectivity index (χ2v) is 7.45. The smallest absolute Gasteiger partial charge is 0.409 e. The summed E-state index contributed by atoms with van der Waals surface area (Å²) in [5.74, 6) is 0.817. The zero-order valence-electron chi connectivity index (χ0n) is 17.0. The van der Waals surface area contributed by atoms with Crippen LogP contribution in [0.2, 0.25) is 0 Å². The Labute approximate surface area is 181 Å². The second kappa shape index (κ2) is 9.23. The van der Waals surface area contributed by atoms with E-state index >= 15 is 0 Å². The van der Waals surface area contributed by atoms with Crippen LogP contribution in [-0.2, 0) is 11.4 Å². The van der Waals surface area contributed by atoms with E-state index in [0.29, 0.717) is 31.1 Å². The summed E-state index contributed by atoms with van der Waals surface area (Å²) in [6, 6.07) is 20.1. The summed E-state index contributed by atoms with van der Waals surface area (Å²) in [6.45, 7) is 5.57. The molecule has 7 nitrogen and oxygen atoms in total. The molecule has 1 amide bonds. The fourth-order valence-electron chi connectivity index (χ4n) is 3.56. The Bertz CT molecular complexity index is 1040. The van der Waals surface area contributed by atoms with Crippen molar-refractivity contribution in [1.29, 1.82) is 0 Å². The average Bonchev–Trinajstić information content (AvgIpc) is 3.11. The van der Waals surface area contributed by atoms with E-state index in [1.54, 1.807) is 4.90 Å². The van der Waals surface area contributed by atoms with Gasteiger partial charge in [0.1, 0.15) is 0 Å². The Morgan fingerprint density at radius 3 is 2.27 bits per heavy atom. The van der Waals surface area contributed by atoms with Crippen LogP contribution >= 0.6 is 12.2 Å². The summed E-state index contributed by atoms with van der Waals surface area (Å²) in [4.78, 5) is 15.9. The number of ether oxygens (including phenoxy) is 1. The Kier molecular flexibility index (Phi) is 6.25. The fraction of sp³-hybridized carbons (Fsp3) is 0.318. The van der Waals surface area contributed by atoms with Crippen LogP contribution in [0.4, 0.5) is 4.79 Å². The third-order valence-corrected chi connectivity index (χ3v) is 5.51. The van der Waals surface area contributed by atoms with E-state index in [1.165, 1.54) is 0 Å². The highest BCUT2D eigenvalue weighted by molar-refractivity contribution is 7.71. The summed E-state index contributed by atoms with van der Waals surface area (Å²) in [5, 5.41) is 4.86. The quantitative estimate of drug-likeness (QED) is 0.584. The first-order valence-corrected chi connectivity index (χ1v) is 10.5. The number of piperazine rings is 1. The molecule has 0 aliphatic carbocycles. The van der Waals surface area contributed by atoms with Crippen molar-refractivity contribution in [3.63, 3.8) is 0 Å². The SMILES string of the molecule is CCOC(=O)N1CCN(Cn2nc(-c3ccccc3)n(-c3ccccc3)c2=S)CC1. The Morgan fingerprint density at radius 1 is 1.00 bits per heavy atom. The zero-order valence-corrected chi connectivity index (χ0v) is 17.8. The Balaban J connectivity index is 1.59. The van der Waals surface area contributed by atoms with Gasteiger partial charge in [-0.2, -0.15) is 0 Å². The molecule has 3 aromatic rings. The maximum absolute atomic E-state index is 11.9. The minimum Gasteiger partial charge on any atom is -0.450 e. The Morgan fingerprint density at radius 2 is 1.63 bits per heavy atom. The van der Waals surface area contributed by atoms with Gasteiger partial charge in [0.15, 0.2) is 5.82 Å². The lowest BCUT2D eigenvalue weighted by Gasteiger charge is -2.33. The summed E-state index contributed by atoms with van der Waals surface area (Å²) in [5.41, 5.74) is 2.00. The van der Waals surface area contributed by atoms with E-state index in [1.807, 2.05) is 76.8 Å². The molecule has 1 aliphatic heterocycles. The van der Waals surface area contributed by atoms with Crippen LogP contribution in [0, 0.1) is 4.77 Å². The number of carbonyl (C=O) groups is 1. The molecule has 0 unspecified atom stereocenters. The van der Waals surface area contributed by atoms with Gasteiger partial charge in [0.25, 0.3) is 0 Å². The molecule has 1 aromatic heterocycles. The second-order valence-electron chi connectivity index (χ2n) is 7.09. The maximum atomic E-state index is 11.9. The first kappa shape index (κ1) is 20.3. The summed E-state index contributed by atoms with van der Waals surface area (Å²) >= 11 is 5.81. The lowest BCUT2D eigenvalue weighted by atomic mass is 10.2. The molecule has 30 heavy (non-hydrogen) atoms. The molecule has 4 rings (SSSR count). The number of hydrogen-bond acceptors (Lipinski definition) is 5. The predicted octanol–water partition coefficient (Wildman–Crippen LogP) is 3.80. The van der Waals surface area contributed by atoms with Gasteiger partial charge in [-0.15, -0.1) is 5.10 Å². The van der Waals surface area contributed by atoms with Crippen molar-refractivity contribution in [2.24, 2.45) is 0 Å². The van der Waals surface area contributed by atoms with Crippen LogP contribution in [0.5, 0.6) is 0 Å². The van der Waals surface area contributed by atoms with Crippen LogP contribution in [0.25, 0.3) is 17.1 Å². The largest absolute Gasteiger partial charge is 0.450 e. The predicted molar refractivity (Wildman–Crippen MR) is 118 cm³/mol. The topological polar surface area (TPSA) is 55.5 Å². The molecule has 1 aliphatic rings. The molecule has 0 saturated carbocycles. The van der Waals surface area contributed by atoms with Gasteiger partial charge >= 0.3 is 6.09 Å². The number of amides is 1. The van der Waals surface area contributed by atoms with Gasteiger partial charge in [-0.25, -0.2) is 9.48 Å². The normalized spacial score (nSPS) is 14.6. The summed E-state index contributed by atoms with van der Waals surface area (Å²) < 4.78 is 9.63. The number of para-hydroxylation sites is 1. The molecule has 0 bridgehead atoms. The van der Waals surface area contributed by atoms with Gasteiger partial charge in [-0.1, -0.05) is 48.5 Å². The van der Waals surface area contributed by atoms with Crippen molar-refractivity contribution in [3.8, 4) is 17.1 Å². The molecule has 156 valence electrons. The number of benzene rings is 2. The number of hydrogen-bond donors (Lipinski definition) is 0. The first-order valence-electron chi connectivity index (χ1n) is 10.1. The highest BCUT2D eigenvalue weighted by Gasteiger charge is 2.23. The average molecular weight is 424 g/mol. The molecule has 0 radical (unpaired) electrons. The van der Waals surface area contributed by atoms with Crippen molar-refractivity contribution < 1.29 is 9.53 Å². The lowest BCUT2D eigenvalue weighted by Crippen LogP contribution is -2.49. The molecule has 8 heteroatoms. The molecule has 2 aromatic carbocycles. The van der Waals surface area contributed by atoms with Crippen molar-refractivity contribution in [3.05, 3.63) is 65.4 Å².